The lowest BCUT2D eigenvalue weighted by Crippen LogP contribution is -2.38. The molecular formula is C17H27NO. The zero-order valence-corrected chi connectivity index (χ0v) is 12.2. The molecule has 0 amide bonds. The van der Waals surface area contributed by atoms with E-state index in [-0.39, 0.29) is 6.10 Å². The van der Waals surface area contributed by atoms with Crippen molar-refractivity contribution in [3.63, 3.8) is 0 Å². The van der Waals surface area contributed by atoms with E-state index in [9.17, 15) is 5.11 Å². The van der Waals surface area contributed by atoms with E-state index >= 15 is 0 Å². The number of rotatable bonds is 5. The van der Waals surface area contributed by atoms with Crippen LogP contribution in [0.15, 0.2) is 24.3 Å². The van der Waals surface area contributed by atoms with Gasteiger partial charge in [-0.05, 0) is 49.3 Å². The van der Waals surface area contributed by atoms with E-state index < -0.39 is 0 Å². The number of aliphatic hydroxyl groups excluding tert-OH is 1. The third kappa shape index (κ3) is 4.05. The van der Waals surface area contributed by atoms with Gasteiger partial charge < -0.3 is 10.4 Å². The van der Waals surface area contributed by atoms with Gasteiger partial charge in [0.1, 0.15) is 0 Å². The Morgan fingerprint density at radius 3 is 2.63 bits per heavy atom. The third-order valence-corrected chi connectivity index (χ3v) is 4.46. The van der Waals surface area contributed by atoms with Crippen LogP contribution in [-0.2, 0) is 6.42 Å². The molecule has 19 heavy (non-hydrogen) atoms. The summed E-state index contributed by atoms with van der Waals surface area (Å²) in [5.41, 5.74) is 2.38. The summed E-state index contributed by atoms with van der Waals surface area (Å²) in [6.07, 6.45) is 5.31. The molecular weight excluding hydrogens is 234 g/mol. The van der Waals surface area contributed by atoms with E-state index in [1.807, 2.05) is 0 Å². The van der Waals surface area contributed by atoms with E-state index in [1.165, 1.54) is 24.8 Å². The fourth-order valence-electron chi connectivity index (χ4n) is 3.03. The Bertz CT molecular complexity index is 373. The van der Waals surface area contributed by atoms with Crippen molar-refractivity contribution in [1.82, 2.24) is 5.32 Å². The molecule has 1 aromatic carbocycles. The van der Waals surface area contributed by atoms with Crippen molar-refractivity contribution >= 4 is 0 Å². The van der Waals surface area contributed by atoms with E-state index in [2.05, 4.69) is 43.4 Å². The average Bonchev–Trinajstić information content (AvgIpc) is 2.47. The van der Waals surface area contributed by atoms with Crippen molar-refractivity contribution in [1.29, 1.82) is 0 Å². The summed E-state index contributed by atoms with van der Waals surface area (Å²) >= 11 is 0. The molecule has 0 radical (unpaired) electrons. The molecule has 1 aliphatic rings. The zero-order chi connectivity index (χ0) is 13.7. The van der Waals surface area contributed by atoms with Crippen LogP contribution in [0.3, 0.4) is 0 Å². The maximum absolute atomic E-state index is 10.4. The Labute approximate surface area is 117 Å². The SMILES string of the molecule is CCc1ccc(C(O)CC2CC(CC)CCN2)cc1. The predicted octanol–water partition coefficient (Wildman–Crippen LogP) is 3.45. The number of piperidine rings is 1. The standard InChI is InChI=1S/C17H27NO/c1-3-13-5-7-15(8-6-13)17(19)12-16-11-14(4-2)9-10-18-16/h5-8,14,16-19H,3-4,9-12H2,1-2H3. The Balaban J connectivity index is 1.90. The Hall–Kier alpha value is -0.860. The molecule has 1 saturated heterocycles. The molecule has 2 nitrogen and oxygen atoms in total. The van der Waals surface area contributed by atoms with Crippen LogP contribution in [-0.4, -0.2) is 17.7 Å². The number of nitrogens with one attached hydrogen (secondary N) is 1. The topological polar surface area (TPSA) is 32.3 Å². The van der Waals surface area contributed by atoms with Gasteiger partial charge in [-0.3, -0.25) is 0 Å². The number of aryl methyl sites for hydroxylation is 1. The van der Waals surface area contributed by atoms with E-state index in [0.29, 0.717) is 6.04 Å². The summed E-state index contributed by atoms with van der Waals surface area (Å²) in [7, 11) is 0. The second kappa shape index (κ2) is 7.06. The van der Waals surface area contributed by atoms with Crippen LogP contribution in [0.5, 0.6) is 0 Å². The highest BCUT2D eigenvalue weighted by Crippen LogP contribution is 2.26. The van der Waals surface area contributed by atoms with Crippen LogP contribution in [0, 0.1) is 5.92 Å². The number of hydrogen-bond donors (Lipinski definition) is 2. The van der Waals surface area contributed by atoms with Gasteiger partial charge in [-0.2, -0.15) is 0 Å². The van der Waals surface area contributed by atoms with Crippen molar-refractivity contribution in [3.8, 4) is 0 Å². The minimum atomic E-state index is -0.334. The molecule has 0 saturated carbocycles. The Morgan fingerprint density at radius 2 is 2.00 bits per heavy atom. The lowest BCUT2D eigenvalue weighted by atomic mass is 9.87. The summed E-state index contributed by atoms with van der Waals surface area (Å²) in [5, 5.41) is 13.9. The number of benzene rings is 1. The third-order valence-electron chi connectivity index (χ3n) is 4.46. The van der Waals surface area contributed by atoms with Crippen molar-refractivity contribution in [2.45, 2.75) is 58.1 Å². The minimum absolute atomic E-state index is 0.334. The molecule has 0 spiro atoms. The molecule has 0 aromatic heterocycles. The molecule has 106 valence electrons. The smallest absolute Gasteiger partial charge is 0.0804 e. The lowest BCUT2D eigenvalue weighted by molar-refractivity contribution is 0.136. The number of aliphatic hydroxyl groups is 1. The van der Waals surface area contributed by atoms with Crippen LogP contribution in [0.4, 0.5) is 0 Å². The maximum Gasteiger partial charge on any atom is 0.0804 e. The highest BCUT2D eigenvalue weighted by molar-refractivity contribution is 5.24. The first kappa shape index (κ1) is 14.5. The maximum atomic E-state index is 10.4. The first-order chi connectivity index (χ1) is 9.22. The summed E-state index contributed by atoms with van der Waals surface area (Å²) in [5.74, 6) is 0.834. The van der Waals surface area contributed by atoms with E-state index in [0.717, 1.165) is 30.9 Å². The van der Waals surface area contributed by atoms with Crippen LogP contribution >= 0.6 is 0 Å². The Morgan fingerprint density at radius 1 is 1.26 bits per heavy atom. The summed E-state index contributed by atoms with van der Waals surface area (Å²) in [6.45, 7) is 5.53. The van der Waals surface area contributed by atoms with Crippen LogP contribution in [0.25, 0.3) is 0 Å². The van der Waals surface area contributed by atoms with Gasteiger partial charge in [0.25, 0.3) is 0 Å². The lowest BCUT2D eigenvalue weighted by Gasteiger charge is -2.31. The van der Waals surface area contributed by atoms with Crippen LogP contribution < -0.4 is 5.32 Å². The van der Waals surface area contributed by atoms with Gasteiger partial charge in [0.2, 0.25) is 0 Å². The zero-order valence-electron chi connectivity index (χ0n) is 12.2. The molecule has 2 N–H and O–H groups in total. The van der Waals surface area contributed by atoms with Crippen molar-refractivity contribution in [3.05, 3.63) is 35.4 Å². The second-order valence-corrected chi connectivity index (χ2v) is 5.80. The quantitative estimate of drug-likeness (QED) is 0.851. The largest absolute Gasteiger partial charge is 0.388 e. The highest BCUT2D eigenvalue weighted by atomic mass is 16.3. The normalized spacial score (nSPS) is 25.2. The van der Waals surface area contributed by atoms with E-state index in [1.54, 1.807) is 0 Å². The van der Waals surface area contributed by atoms with Gasteiger partial charge >= 0.3 is 0 Å². The van der Waals surface area contributed by atoms with Gasteiger partial charge in [-0.15, -0.1) is 0 Å². The molecule has 2 heteroatoms. The molecule has 1 aromatic rings. The van der Waals surface area contributed by atoms with Gasteiger partial charge in [-0.1, -0.05) is 44.5 Å². The first-order valence-corrected chi connectivity index (χ1v) is 7.73. The monoisotopic (exact) mass is 261 g/mol. The molecule has 0 aliphatic carbocycles. The predicted molar refractivity (Wildman–Crippen MR) is 80.2 cm³/mol. The van der Waals surface area contributed by atoms with Crippen LogP contribution in [0.1, 0.15) is 56.8 Å². The fraction of sp³-hybridized carbons (Fsp3) is 0.647. The molecule has 2 rings (SSSR count). The van der Waals surface area contributed by atoms with Crippen LogP contribution in [0.2, 0.25) is 0 Å². The first-order valence-electron chi connectivity index (χ1n) is 7.73. The van der Waals surface area contributed by atoms with Crippen molar-refractivity contribution in [2.75, 3.05) is 6.54 Å². The molecule has 3 atom stereocenters. The number of hydrogen-bond acceptors (Lipinski definition) is 2. The molecule has 1 fully saturated rings. The molecule has 0 bridgehead atoms. The fourth-order valence-corrected chi connectivity index (χ4v) is 3.03. The van der Waals surface area contributed by atoms with E-state index in [4.69, 9.17) is 0 Å². The van der Waals surface area contributed by atoms with Gasteiger partial charge in [-0.25, -0.2) is 0 Å². The van der Waals surface area contributed by atoms with Gasteiger partial charge in [0, 0.05) is 6.04 Å². The summed E-state index contributed by atoms with van der Waals surface area (Å²) in [4.78, 5) is 0. The Kier molecular flexibility index (Phi) is 5.41. The van der Waals surface area contributed by atoms with Gasteiger partial charge in [0.05, 0.1) is 6.10 Å². The molecule has 1 aliphatic heterocycles. The van der Waals surface area contributed by atoms with Crippen molar-refractivity contribution < 1.29 is 5.11 Å². The minimum Gasteiger partial charge on any atom is -0.388 e. The molecule has 1 heterocycles. The summed E-state index contributed by atoms with van der Waals surface area (Å²) in [6, 6.07) is 8.87. The molecule has 3 unspecified atom stereocenters. The van der Waals surface area contributed by atoms with Crippen molar-refractivity contribution in [2.24, 2.45) is 5.92 Å². The summed E-state index contributed by atoms with van der Waals surface area (Å²) < 4.78 is 0. The van der Waals surface area contributed by atoms with Gasteiger partial charge in [0.15, 0.2) is 0 Å². The highest BCUT2D eigenvalue weighted by Gasteiger charge is 2.22. The average molecular weight is 261 g/mol. The second-order valence-electron chi connectivity index (χ2n) is 5.80.